The van der Waals surface area contributed by atoms with E-state index < -0.39 is 24.0 Å². The number of carbonyl (C=O) groups excluding carboxylic acids is 4. The van der Waals surface area contributed by atoms with Crippen LogP contribution in [0.4, 0.5) is 5.69 Å². The maximum absolute atomic E-state index is 12.7. The Morgan fingerprint density at radius 3 is 2.22 bits per heavy atom. The number of anilines is 1. The third-order valence-electron chi connectivity index (χ3n) is 5.20. The zero-order valence-corrected chi connectivity index (χ0v) is 18.4. The molecule has 0 radical (unpaired) electrons. The van der Waals surface area contributed by atoms with Gasteiger partial charge >= 0.3 is 11.9 Å². The van der Waals surface area contributed by atoms with Crippen LogP contribution in [0.2, 0.25) is 0 Å². The van der Waals surface area contributed by atoms with Crippen molar-refractivity contribution in [3.05, 3.63) is 65.7 Å². The summed E-state index contributed by atoms with van der Waals surface area (Å²) in [5, 5.41) is 0. The van der Waals surface area contributed by atoms with E-state index in [-0.39, 0.29) is 30.8 Å². The average Bonchev–Trinajstić information content (AvgIpc) is 3.18. The Hall–Kier alpha value is -3.48. The van der Waals surface area contributed by atoms with Gasteiger partial charge in [-0.2, -0.15) is 0 Å². The number of esters is 2. The Bertz CT molecular complexity index is 983. The molecule has 2 aromatic rings. The van der Waals surface area contributed by atoms with Crippen LogP contribution in [0.3, 0.4) is 0 Å². The molecule has 0 spiro atoms. The molecule has 7 heteroatoms. The first-order chi connectivity index (χ1) is 15.3. The highest BCUT2D eigenvalue weighted by Crippen LogP contribution is 2.27. The van der Waals surface area contributed by atoms with Gasteiger partial charge in [-0.05, 0) is 44.5 Å². The van der Waals surface area contributed by atoms with Gasteiger partial charge < -0.3 is 14.4 Å². The fourth-order valence-corrected chi connectivity index (χ4v) is 3.52. The third-order valence-corrected chi connectivity index (χ3v) is 5.20. The van der Waals surface area contributed by atoms with E-state index >= 15 is 0 Å². The minimum Gasteiger partial charge on any atom is -0.459 e. The van der Waals surface area contributed by atoms with Gasteiger partial charge in [0, 0.05) is 24.2 Å². The van der Waals surface area contributed by atoms with Crippen LogP contribution >= 0.6 is 0 Å². The number of ketones is 1. The summed E-state index contributed by atoms with van der Waals surface area (Å²) >= 11 is 0. The second-order valence-corrected chi connectivity index (χ2v) is 7.97. The van der Waals surface area contributed by atoms with Crippen molar-refractivity contribution in [2.45, 2.75) is 45.8 Å². The van der Waals surface area contributed by atoms with Gasteiger partial charge in [0.15, 0.2) is 6.10 Å². The van der Waals surface area contributed by atoms with Gasteiger partial charge in [0.05, 0.1) is 17.6 Å². The number of amides is 1. The Kier molecular flexibility index (Phi) is 7.41. The number of nitrogens with zero attached hydrogens (tertiary/aromatic N) is 1. The average molecular weight is 437 g/mol. The van der Waals surface area contributed by atoms with Gasteiger partial charge in [-0.3, -0.25) is 14.4 Å². The van der Waals surface area contributed by atoms with Crippen LogP contribution in [-0.2, 0) is 19.1 Å². The van der Waals surface area contributed by atoms with Crippen molar-refractivity contribution in [1.82, 2.24) is 0 Å². The number of rotatable bonds is 8. The molecule has 1 aliphatic rings. The lowest BCUT2D eigenvalue weighted by molar-refractivity contribution is -0.151. The second kappa shape index (κ2) is 10.2. The largest absolute Gasteiger partial charge is 0.459 e. The smallest absolute Gasteiger partial charge is 0.338 e. The topological polar surface area (TPSA) is 90.0 Å². The van der Waals surface area contributed by atoms with E-state index in [1.807, 2.05) is 6.07 Å². The maximum Gasteiger partial charge on any atom is 0.338 e. The maximum atomic E-state index is 12.7. The van der Waals surface area contributed by atoms with E-state index in [4.69, 9.17) is 9.47 Å². The fourth-order valence-electron chi connectivity index (χ4n) is 3.52. The summed E-state index contributed by atoms with van der Waals surface area (Å²) in [6.45, 7) is 5.47. The Morgan fingerprint density at radius 1 is 0.969 bits per heavy atom. The van der Waals surface area contributed by atoms with Gasteiger partial charge in [0.2, 0.25) is 11.7 Å². The van der Waals surface area contributed by atoms with Crippen molar-refractivity contribution >= 4 is 29.3 Å². The molecule has 0 aliphatic carbocycles. The molecule has 2 aromatic carbocycles. The molecular formula is C25H27NO6. The first-order valence-electron chi connectivity index (χ1n) is 10.7. The summed E-state index contributed by atoms with van der Waals surface area (Å²) in [4.78, 5) is 51.3. The molecule has 1 fully saturated rings. The Balaban J connectivity index is 1.64. The quantitative estimate of drug-likeness (QED) is 0.461. The van der Waals surface area contributed by atoms with E-state index in [2.05, 4.69) is 0 Å². The highest BCUT2D eigenvalue weighted by Gasteiger charge is 2.37. The Labute approximate surface area is 187 Å². The molecule has 2 atom stereocenters. The van der Waals surface area contributed by atoms with Crippen LogP contribution < -0.4 is 4.90 Å². The summed E-state index contributed by atoms with van der Waals surface area (Å²) in [5.74, 6) is -2.13. The van der Waals surface area contributed by atoms with E-state index in [0.717, 1.165) is 0 Å². The lowest BCUT2D eigenvalue weighted by atomic mass is 10.0. The van der Waals surface area contributed by atoms with Crippen LogP contribution in [0.1, 0.15) is 54.3 Å². The molecule has 1 aliphatic heterocycles. The van der Waals surface area contributed by atoms with Crippen LogP contribution in [0.25, 0.3) is 0 Å². The van der Waals surface area contributed by atoms with Crippen LogP contribution in [0.15, 0.2) is 54.6 Å². The van der Waals surface area contributed by atoms with Gasteiger partial charge in [0.25, 0.3) is 0 Å². The normalized spacial score (nSPS) is 16.7. The molecule has 7 nitrogen and oxygen atoms in total. The lowest BCUT2D eigenvalue weighted by Gasteiger charge is -2.19. The molecule has 1 saturated heterocycles. The number of hydrogen-bond donors (Lipinski definition) is 0. The first kappa shape index (κ1) is 23.2. The molecule has 0 saturated carbocycles. The molecule has 1 amide bonds. The highest BCUT2D eigenvalue weighted by atomic mass is 16.5. The van der Waals surface area contributed by atoms with E-state index in [1.54, 1.807) is 69.3 Å². The first-order valence-corrected chi connectivity index (χ1v) is 10.7. The van der Waals surface area contributed by atoms with Crippen LogP contribution in [0.5, 0.6) is 0 Å². The second-order valence-electron chi connectivity index (χ2n) is 7.97. The number of benzene rings is 2. The molecule has 32 heavy (non-hydrogen) atoms. The molecule has 1 heterocycles. The standard InChI is InChI=1S/C25H27NO6/c1-4-21(23(28)17-8-6-5-7-9-17)32-25(30)19-14-22(27)26(15-19)20-12-10-18(11-13-20)24(29)31-16(2)3/h5-13,16,19,21H,4,14-15H2,1-3H3/t19-,21-/m1/s1. The van der Waals surface area contributed by atoms with Crippen molar-refractivity contribution in [3.8, 4) is 0 Å². The van der Waals surface area contributed by atoms with Gasteiger partial charge in [-0.25, -0.2) is 4.79 Å². The highest BCUT2D eigenvalue weighted by molar-refractivity contribution is 6.02. The van der Waals surface area contributed by atoms with Crippen molar-refractivity contribution in [2.24, 2.45) is 5.92 Å². The van der Waals surface area contributed by atoms with Gasteiger partial charge in [0.1, 0.15) is 0 Å². The predicted molar refractivity (Wildman–Crippen MR) is 118 cm³/mol. The molecule has 0 N–H and O–H groups in total. The molecule has 3 rings (SSSR count). The van der Waals surface area contributed by atoms with Gasteiger partial charge in [-0.15, -0.1) is 0 Å². The summed E-state index contributed by atoms with van der Waals surface area (Å²) in [5.41, 5.74) is 1.45. The predicted octanol–water partition coefficient (Wildman–Crippen LogP) is 3.81. The Morgan fingerprint density at radius 2 is 1.62 bits per heavy atom. The zero-order valence-electron chi connectivity index (χ0n) is 18.4. The number of ether oxygens (including phenoxy) is 2. The molecule has 0 bridgehead atoms. The van der Waals surface area contributed by atoms with Gasteiger partial charge in [-0.1, -0.05) is 37.3 Å². The number of carbonyl (C=O) groups is 4. The van der Waals surface area contributed by atoms with Crippen molar-refractivity contribution in [3.63, 3.8) is 0 Å². The van der Waals surface area contributed by atoms with E-state index in [0.29, 0.717) is 23.2 Å². The van der Waals surface area contributed by atoms with Crippen LogP contribution in [0, 0.1) is 5.92 Å². The number of Topliss-reactive ketones (excluding diaryl/α,β-unsaturated/α-hetero) is 1. The summed E-state index contributed by atoms with van der Waals surface area (Å²) in [6.07, 6.45) is -0.765. The van der Waals surface area contributed by atoms with Crippen LogP contribution in [-0.4, -0.2) is 42.4 Å². The molecule has 168 valence electrons. The van der Waals surface area contributed by atoms with Crippen molar-refractivity contribution in [1.29, 1.82) is 0 Å². The summed E-state index contributed by atoms with van der Waals surface area (Å²) < 4.78 is 10.7. The number of hydrogen-bond acceptors (Lipinski definition) is 6. The molecule has 0 aromatic heterocycles. The molecule has 0 unspecified atom stereocenters. The summed E-state index contributed by atoms with van der Waals surface area (Å²) in [7, 11) is 0. The van der Waals surface area contributed by atoms with E-state index in [1.165, 1.54) is 4.90 Å². The third kappa shape index (κ3) is 5.41. The fraction of sp³-hybridized carbons (Fsp3) is 0.360. The monoisotopic (exact) mass is 437 g/mol. The SMILES string of the molecule is CC[C@@H](OC(=O)[C@@H]1CC(=O)N(c2ccc(C(=O)OC(C)C)cc2)C1)C(=O)c1ccccc1. The zero-order chi connectivity index (χ0) is 23.3. The van der Waals surface area contributed by atoms with Crippen molar-refractivity contribution in [2.75, 3.05) is 11.4 Å². The lowest BCUT2D eigenvalue weighted by Crippen LogP contribution is -2.31. The summed E-state index contributed by atoms with van der Waals surface area (Å²) in [6, 6.07) is 15.1. The molecular weight excluding hydrogens is 410 g/mol. The minimum absolute atomic E-state index is 0.00589. The minimum atomic E-state index is -0.889. The van der Waals surface area contributed by atoms with E-state index in [9.17, 15) is 19.2 Å². The van der Waals surface area contributed by atoms with Crippen molar-refractivity contribution < 1.29 is 28.7 Å².